The number of rotatable bonds is 8. The fourth-order valence-electron chi connectivity index (χ4n) is 4.51. The third-order valence-electron chi connectivity index (χ3n) is 6.66. The molecule has 0 saturated carbocycles. The number of amides is 4. The molecule has 2 saturated heterocycles. The summed E-state index contributed by atoms with van der Waals surface area (Å²) in [6, 6.07) is 6.21. The normalized spacial score (nSPS) is 21.1. The first kappa shape index (κ1) is 32.5. The first-order valence-corrected chi connectivity index (χ1v) is 12.6. The van der Waals surface area contributed by atoms with Crippen molar-refractivity contribution in [2.75, 3.05) is 13.1 Å². The van der Waals surface area contributed by atoms with E-state index in [2.05, 4.69) is 5.32 Å². The summed E-state index contributed by atoms with van der Waals surface area (Å²) in [5.41, 5.74) is 12.2. The topological polar surface area (TPSA) is 196 Å². The number of hydrogen-bond acceptors (Lipinski definition) is 7. The number of hydrogen-bond donors (Lipinski definition) is 5. The summed E-state index contributed by atoms with van der Waals surface area (Å²) in [5.74, 6) is -4.75. The highest BCUT2D eigenvalue weighted by molar-refractivity contribution is 5.95. The Balaban J connectivity index is 0.000000708. The average molecular weight is 574 g/mol. The lowest BCUT2D eigenvalue weighted by molar-refractivity contribution is -0.192. The lowest BCUT2D eigenvalue weighted by atomic mass is 10.0. The molecule has 15 heteroatoms. The van der Waals surface area contributed by atoms with Crippen molar-refractivity contribution in [1.29, 1.82) is 0 Å². The van der Waals surface area contributed by atoms with Crippen LogP contribution in [0.1, 0.15) is 38.2 Å². The second-order valence-electron chi connectivity index (χ2n) is 9.61. The van der Waals surface area contributed by atoms with Crippen molar-refractivity contribution < 1.29 is 47.4 Å². The number of alkyl halides is 3. The number of aliphatic hydroxyl groups is 1. The summed E-state index contributed by atoms with van der Waals surface area (Å²) in [4.78, 5) is 62.0. The highest BCUT2D eigenvalue weighted by Crippen LogP contribution is 2.26. The van der Waals surface area contributed by atoms with Crippen LogP contribution < -0.4 is 16.8 Å². The van der Waals surface area contributed by atoms with Crippen molar-refractivity contribution in [2.45, 2.75) is 75.5 Å². The first-order valence-electron chi connectivity index (χ1n) is 12.6. The number of primary amides is 1. The van der Waals surface area contributed by atoms with Gasteiger partial charge in [-0.25, -0.2) is 4.79 Å². The SMILES string of the molecule is C[C@H](NC(=O)[C@@H]1CCCN1C(=O)[C@@H]1CCCN1C(=O)[C@@H](O)[C@H](N)Cc1ccccc1)C(N)=O.O=C(O)C(F)(F)F. The van der Waals surface area contributed by atoms with Crippen LogP contribution in [-0.2, 0) is 30.4 Å². The zero-order chi connectivity index (χ0) is 30.2. The Morgan fingerprint density at radius 2 is 1.55 bits per heavy atom. The summed E-state index contributed by atoms with van der Waals surface area (Å²) in [6.07, 6.45) is -4.02. The van der Waals surface area contributed by atoms with E-state index in [0.29, 0.717) is 45.2 Å². The monoisotopic (exact) mass is 573 g/mol. The van der Waals surface area contributed by atoms with Crippen LogP contribution in [-0.4, -0.2) is 99.1 Å². The van der Waals surface area contributed by atoms with E-state index in [1.807, 2.05) is 30.3 Å². The zero-order valence-electron chi connectivity index (χ0n) is 21.8. The van der Waals surface area contributed by atoms with Crippen LogP contribution in [0.2, 0.25) is 0 Å². The minimum atomic E-state index is -5.08. The van der Waals surface area contributed by atoms with Crippen molar-refractivity contribution in [3.05, 3.63) is 35.9 Å². The van der Waals surface area contributed by atoms with Gasteiger partial charge in [0.05, 0.1) is 0 Å². The number of carbonyl (C=O) groups is 5. The van der Waals surface area contributed by atoms with E-state index in [9.17, 15) is 37.5 Å². The predicted octanol–water partition coefficient (Wildman–Crippen LogP) is -0.477. The lowest BCUT2D eigenvalue weighted by Gasteiger charge is -2.33. The molecule has 2 fully saturated rings. The molecule has 0 aromatic heterocycles. The van der Waals surface area contributed by atoms with E-state index in [1.165, 1.54) is 16.7 Å². The number of carboxylic acids is 1. The van der Waals surface area contributed by atoms with E-state index < -0.39 is 60.1 Å². The van der Waals surface area contributed by atoms with Crippen molar-refractivity contribution in [3.63, 3.8) is 0 Å². The maximum absolute atomic E-state index is 13.3. The van der Waals surface area contributed by atoms with Crippen LogP contribution in [0.25, 0.3) is 0 Å². The Bertz CT molecular complexity index is 1070. The van der Waals surface area contributed by atoms with Gasteiger partial charge in [-0.15, -0.1) is 0 Å². The summed E-state index contributed by atoms with van der Waals surface area (Å²) in [5, 5.41) is 20.3. The first-order chi connectivity index (χ1) is 18.6. The number of carbonyl (C=O) groups excluding carboxylic acids is 4. The standard InChI is InChI=1S/C23H33N5O5.C2HF3O2/c1-14(20(25)30)26-21(31)17-9-5-11-27(17)22(32)18-10-6-12-28(18)23(33)19(29)16(24)13-15-7-3-2-4-8-15;3-2(4,5)1(6)7/h2-4,7-8,14,16-19,29H,5-6,9-13,24H2,1H3,(H2,25,30)(H,26,31);(H,6,7)/t14-,16+,17-,18-,19-;/m0./s1. The molecule has 3 rings (SSSR count). The number of benzene rings is 1. The molecule has 1 aromatic carbocycles. The highest BCUT2D eigenvalue weighted by atomic mass is 19.4. The van der Waals surface area contributed by atoms with Crippen molar-refractivity contribution in [2.24, 2.45) is 11.5 Å². The Kier molecular flexibility index (Phi) is 11.4. The third-order valence-corrected chi connectivity index (χ3v) is 6.66. The number of halogens is 3. The van der Waals surface area contributed by atoms with Crippen LogP contribution in [0, 0.1) is 0 Å². The fraction of sp³-hybridized carbons (Fsp3) is 0.560. The summed E-state index contributed by atoms with van der Waals surface area (Å²) >= 11 is 0. The van der Waals surface area contributed by atoms with Gasteiger partial charge in [-0.2, -0.15) is 13.2 Å². The maximum atomic E-state index is 13.3. The molecule has 0 bridgehead atoms. The Morgan fingerprint density at radius 1 is 1.02 bits per heavy atom. The average Bonchev–Trinajstić information content (AvgIpc) is 3.58. The minimum Gasteiger partial charge on any atom is -0.475 e. The number of nitrogens with two attached hydrogens (primary N) is 2. The van der Waals surface area contributed by atoms with Crippen molar-refractivity contribution >= 4 is 29.6 Å². The zero-order valence-corrected chi connectivity index (χ0v) is 21.8. The summed E-state index contributed by atoms with van der Waals surface area (Å²) < 4.78 is 31.7. The van der Waals surface area contributed by atoms with Crippen LogP contribution in [0.15, 0.2) is 30.3 Å². The molecule has 0 unspecified atom stereocenters. The molecule has 2 aliphatic heterocycles. The second kappa shape index (κ2) is 14.1. The van der Waals surface area contributed by atoms with Gasteiger partial charge in [-0.3, -0.25) is 19.2 Å². The van der Waals surface area contributed by atoms with E-state index in [0.717, 1.165) is 5.56 Å². The molecule has 2 heterocycles. The lowest BCUT2D eigenvalue weighted by Crippen LogP contribution is -2.57. The Labute approximate surface area is 228 Å². The van der Waals surface area contributed by atoms with Crippen molar-refractivity contribution in [1.82, 2.24) is 15.1 Å². The van der Waals surface area contributed by atoms with Gasteiger partial charge < -0.3 is 36.8 Å². The molecule has 4 amide bonds. The van der Waals surface area contributed by atoms with Gasteiger partial charge in [0.1, 0.15) is 24.2 Å². The molecular weight excluding hydrogens is 539 g/mol. The smallest absolute Gasteiger partial charge is 0.475 e. The van der Waals surface area contributed by atoms with Crippen LogP contribution in [0.3, 0.4) is 0 Å². The Hall–Kier alpha value is -3.72. The molecule has 222 valence electrons. The fourth-order valence-corrected chi connectivity index (χ4v) is 4.51. The van der Waals surface area contributed by atoms with Gasteiger partial charge in [-0.1, -0.05) is 30.3 Å². The molecular formula is C25H34F3N5O7. The number of aliphatic carboxylic acids is 1. The number of nitrogens with zero attached hydrogens (tertiary/aromatic N) is 2. The molecule has 0 aliphatic carbocycles. The van der Waals surface area contributed by atoms with E-state index in [4.69, 9.17) is 21.4 Å². The van der Waals surface area contributed by atoms with Gasteiger partial charge in [0.2, 0.25) is 17.7 Å². The molecule has 40 heavy (non-hydrogen) atoms. The van der Waals surface area contributed by atoms with E-state index in [-0.39, 0.29) is 5.91 Å². The van der Waals surface area contributed by atoms with Crippen LogP contribution >= 0.6 is 0 Å². The van der Waals surface area contributed by atoms with Gasteiger partial charge in [0.15, 0.2) is 0 Å². The number of likely N-dealkylation sites (tertiary alicyclic amines) is 2. The molecule has 2 aliphatic rings. The maximum Gasteiger partial charge on any atom is 0.490 e. The van der Waals surface area contributed by atoms with Gasteiger partial charge in [0.25, 0.3) is 5.91 Å². The minimum absolute atomic E-state index is 0.325. The summed E-state index contributed by atoms with van der Waals surface area (Å²) in [6.45, 7) is 2.21. The van der Waals surface area contributed by atoms with Gasteiger partial charge >= 0.3 is 12.1 Å². The van der Waals surface area contributed by atoms with Crippen molar-refractivity contribution in [3.8, 4) is 0 Å². The van der Waals surface area contributed by atoms with Crippen LogP contribution in [0.5, 0.6) is 0 Å². The van der Waals surface area contributed by atoms with Crippen LogP contribution in [0.4, 0.5) is 13.2 Å². The molecule has 0 spiro atoms. The third kappa shape index (κ3) is 8.64. The molecule has 0 radical (unpaired) electrons. The second-order valence-corrected chi connectivity index (χ2v) is 9.61. The largest absolute Gasteiger partial charge is 0.490 e. The van der Waals surface area contributed by atoms with Gasteiger partial charge in [0, 0.05) is 19.1 Å². The highest BCUT2D eigenvalue weighted by Gasteiger charge is 2.44. The molecule has 1 aromatic rings. The number of nitrogens with one attached hydrogen (secondary N) is 1. The predicted molar refractivity (Wildman–Crippen MR) is 134 cm³/mol. The number of carboxylic acid groups (broad SMARTS) is 1. The molecule has 7 N–H and O–H groups in total. The Morgan fingerprint density at radius 3 is 2.08 bits per heavy atom. The summed E-state index contributed by atoms with van der Waals surface area (Å²) in [7, 11) is 0. The quantitative estimate of drug-likeness (QED) is 0.275. The number of aliphatic hydroxyl groups excluding tert-OH is 1. The van der Waals surface area contributed by atoms with E-state index in [1.54, 1.807) is 0 Å². The molecule has 12 nitrogen and oxygen atoms in total. The molecule has 5 atom stereocenters. The van der Waals surface area contributed by atoms with Gasteiger partial charge in [-0.05, 0) is 44.6 Å². The van der Waals surface area contributed by atoms with E-state index >= 15 is 0 Å².